The lowest BCUT2D eigenvalue weighted by Crippen LogP contribution is -2.37. The standard InChI is InChI=1S/C34H31N3O6/c1-41-30-8-3-2-7-28(30)23-9-11-29-25(18-23)19-31(43-29)33(38)36-26-10-12-32(35-20-26)37-15-13-27(14-16-37)42-21-22-5-4-6-24(17-22)34(39)40/h2-12,17-20,27H,13-16,21H2,1H3,(H,36,38)(H,39,40). The number of carboxylic acids is 1. The number of aromatic carboxylic acids is 1. The number of carbonyl (C=O) groups is 2. The monoisotopic (exact) mass is 577 g/mol. The Hall–Kier alpha value is -5.15. The molecule has 1 amide bonds. The van der Waals surface area contributed by atoms with E-state index in [4.69, 9.17) is 13.9 Å². The van der Waals surface area contributed by atoms with Gasteiger partial charge in [-0.05, 0) is 72.5 Å². The fourth-order valence-electron chi connectivity index (χ4n) is 5.31. The molecule has 9 nitrogen and oxygen atoms in total. The Morgan fingerprint density at radius 3 is 2.60 bits per heavy atom. The largest absolute Gasteiger partial charge is 0.496 e. The van der Waals surface area contributed by atoms with Crippen LogP contribution in [0.5, 0.6) is 5.75 Å². The number of carboxylic acid groups (broad SMARTS) is 1. The average molecular weight is 578 g/mol. The second-order valence-electron chi connectivity index (χ2n) is 10.4. The minimum atomic E-state index is -0.943. The van der Waals surface area contributed by atoms with Crippen molar-refractivity contribution in [3.05, 3.63) is 108 Å². The van der Waals surface area contributed by atoms with Gasteiger partial charge in [0.25, 0.3) is 5.91 Å². The molecule has 0 unspecified atom stereocenters. The maximum Gasteiger partial charge on any atom is 0.335 e. The topological polar surface area (TPSA) is 114 Å². The molecule has 0 atom stereocenters. The number of ether oxygens (including phenoxy) is 2. The average Bonchev–Trinajstić information content (AvgIpc) is 3.48. The number of para-hydroxylation sites is 1. The first-order valence-corrected chi connectivity index (χ1v) is 14.1. The number of hydrogen-bond donors (Lipinski definition) is 2. The number of amides is 1. The first-order chi connectivity index (χ1) is 21.0. The number of aromatic nitrogens is 1. The van der Waals surface area contributed by atoms with E-state index < -0.39 is 5.97 Å². The van der Waals surface area contributed by atoms with Gasteiger partial charge in [0, 0.05) is 24.0 Å². The van der Waals surface area contributed by atoms with Crippen LogP contribution in [0, 0.1) is 0 Å². The van der Waals surface area contributed by atoms with Crippen LogP contribution in [0.25, 0.3) is 22.1 Å². The highest BCUT2D eigenvalue weighted by Crippen LogP contribution is 2.33. The molecule has 2 N–H and O–H groups in total. The van der Waals surface area contributed by atoms with Crippen LogP contribution in [0.4, 0.5) is 11.5 Å². The predicted molar refractivity (Wildman–Crippen MR) is 164 cm³/mol. The molecule has 1 saturated heterocycles. The zero-order valence-corrected chi connectivity index (χ0v) is 23.7. The molecule has 0 aliphatic carbocycles. The lowest BCUT2D eigenvalue weighted by atomic mass is 10.0. The van der Waals surface area contributed by atoms with Crippen molar-refractivity contribution in [1.29, 1.82) is 0 Å². The van der Waals surface area contributed by atoms with Crippen LogP contribution in [0.2, 0.25) is 0 Å². The summed E-state index contributed by atoms with van der Waals surface area (Å²) in [6.07, 6.45) is 3.42. The van der Waals surface area contributed by atoms with Crippen LogP contribution in [0.15, 0.2) is 95.5 Å². The van der Waals surface area contributed by atoms with E-state index in [-0.39, 0.29) is 23.3 Å². The number of piperidine rings is 1. The molecule has 0 saturated carbocycles. The molecule has 5 aromatic rings. The van der Waals surface area contributed by atoms with Gasteiger partial charge in [0.05, 0.1) is 37.3 Å². The van der Waals surface area contributed by atoms with Gasteiger partial charge in [0.2, 0.25) is 0 Å². The van der Waals surface area contributed by atoms with E-state index >= 15 is 0 Å². The van der Waals surface area contributed by atoms with E-state index in [1.807, 2.05) is 60.7 Å². The van der Waals surface area contributed by atoms with Crippen molar-refractivity contribution in [2.75, 3.05) is 30.4 Å². The highest BCUT2D eigenvalue weighted by molar-refractivity contribution is 6.05. The maximum absolute atomic E-state index is 13.0. The number of carbonyl (C=O) groups excluding carboxylic acids is 1. The van der Waals surface area contributed by atoms with Crippen LogP contribution in [0.1, 0.15) is 39.3 Å². The third-order valence-corrected chi connectivity index (χ3v) is 7.59. The van der Waals surface area contributed by atoms with Crippen molar-refractivity contribution in [2.24, 2.45) is 0 Å². The van der Waals surface area contributed by atoms with E-state index in [1.165, 1.54) is 0 Å². The summed E-state index contributed by atoms with van der Waals surface area (Å²) in [5.74, 6) is 0.530. The van der Waals surface area contributed by atoms with Crippen LogP contribution >= 0.6 is 0 Å². The van der Waals surface area contributed by atoms with Crippen molar-refractivity contribution in [3.8, 4) is 16.9 Å². The summed E-state index contributed by atoms with van der Waals surface area (Å²) in [6.45, 7) is 1.95. The summed E-state index contributed by atoms with van der Waals surface area (Å²) in [4.78, 5) is 30.9. The number of methoxy groups -OCH3 is 1. The van der Waals surface area contributed by atoms with Gasteiger partial charge in [-0.25, -0.2) is 9.78 Å². The number of rotatable bonds is 9. The summed E-state index contributed by atoms with van der Waals surface area (Å²) in [6, 6.07) is 25.9. The molecule has 1 aliphatic rings. The first-order valence-electron chi connectivity index (χ1n) is 14.1. The second-order valence-corrected chi connectivity index (χ2v) is 10.4. The quantitative estimate of drug-likeness (QED) is 0.200. The number of fused-ring (bicyclic) bond motifs is 1. The molecule has 3 heterocycles. The Morgan fingerprint density at radius 2 is 1.84 bits per heavy atom. The van der Waals surface area contributed by atoms with Crippen molar-refractivity contribution in [2.45, 2.75) is 25.6 Å². The smallest absolute Gasteiger partial charge is 0.335 e. The number of hydrogen-bond acceptors (Lipinski definition) is 7. The van der Waals surface area contributed by atoms with Crippen LogP contribution in [0.3, 0.4) is 0 Å². The molecule has 0 bridgehead atoms. The number of nitrogens with zero attached hydrogens (tertiary/aromatic N) is 2. The van der Waals surface area contributed by atoms with Crippen molar-refractivity contribution in [3.63, 3.8) is 0 Å². The van der Waals surface area contributed by atoms with Gasteiger partial charge in [0.15, 0.2) is 5.76 Å². The minimum Gasteiger partial charge on any atom is -0.496 e. The summed E-state index contributed by atoms with van der Waals surface area (Å²) >= 11 is 0. The molecule has 2 aromatic heterocycles. The zero-order valence-electron chi connectivity index (χ0n) is 23.7. The third kappa shape index (κ3) is 6.37. The lowest BCUT2D eigenvalue weighted by Gasteiger charge is -2.32. The molecular weight excluding hydrogens is 546 g/mol. The molecule has 218 valence electrons. The van der Waals surface area contributed by atoms with Gasteiger partial charge in [-0.2, -0.15) is 0 Å². The molecule has 1 aliphatic heterocycles. The fraction of sp³-hybridized carbons (Fsp3) is 0.206. The first kappa shape index (κ1) is 28.0. The SMILES string of the molecule is COc1ccccc1-c1ccc2oc(C(=O)Nc3ccc(N4CCC(OCc5cccc(C(=O)O)c5)CC4)nc3)cc2c1. The Kier molecular flexibility index (Phi) is 8.06. The number of pyridine rings is 1. The van der Waals surface area contributed by atoms with Crippen LogP contribution in [-0.2, 0) is 11.3 Å². The zero-order chi connectivity index (χ0) is 29.8. The maximum atomic E-state index is 13.0. The van der Waals surface area contributed by atoms with E-state index in [1.54, 1.807) is 37.6 Å². The Morgan fingerprint density at radius 1 is 1.00 bits per heavy atom. The normalized spacial score (nSPS) is 13.7. The highest BCUT2D eigenvalue weighted by atomic mass is 16.5. The van der Waals surface area contributed by atoms with E-state index in [9.17, 15) is 14.7 Å². The Balaban J connectivity index is 1.03. The van der Waals surface area contributed by atoms with Crippen LogP contribution in [-0.4, -0.2) is 48.3 Å². The Labute approximate surface area is 248 Å². The summed E-state index contributed by atoms with van der Waals surface area (Å²) in [5.41, 5.74) is 4.24. The van der Waals surface area contributed by atoms with Gasteiger partial charge < -0.3 is 29.2 Å². The predicted octanol–water partition coefficient (Wildman–Crippen LogP) is 6.64. The fourth-order valence-corrected chi connectivity index (χ4v) is 5.31. The molecule has 6 rings (SSSR count). The summed E-state index contributed by atoms with van der Waals surface area (Å²) in [7, 11) is 1.64. The van der Waals surface area contributed by atoms with E-state index in [0.29, 0.717) is 17.9 Å². The second kappa shape index (κ2) is 12.4. The molecule has 43 heavy (non-hydrogen) atoms. The van der Waals surface area contributed by atoms with Gasteiger partial charge in [0.1, 0.15) is 17.2 Å². The number of furan rings is 1. The molecule has 0 spiro atoms. The highest BCUT2D eigenvalue weighted by Gasteiger charge is 2.21. The third-order valence-electron chi connectivity index (χ3n) is 7.59. The van der Waals surface area contributed by atoms with Gasteiger partial charge in [-0.1, -0.05) is 36.4 Å². The summed E-state index contributed by atoms with van der Waals surface area (Å²) < 4.78 is 17.4. The minimum absolute atomic E-state index is 0.0953. The molecule has 1 fully saturated rings. The molecule has 9 heteroatoms. The van der Waals surface area contributed by atoms with Gasteiger partial charge >= 0.3 is 5.97 Å². The van der Waals surface area contributed by atoms with Crippen molar-refractivity contribution < 1.29 is 28.6 Å². The number of anilines is 2. The summed E-state index contributed by atoms with van der Waals surface area (Å²) in [5, 5.41) is 12.9. The van der Waals surface area contributed by atoms with E-state index in [2.05, 4.69) is 15.2 Å². The van der Waals surface area contributed by atoms with Gasteiger partial charge in [-0.3, -0.25) is 4.79 Å². The van der Waals surface area contributed by atoms with Crippen LogP contribution < -0.4 is 15.0 Å². The van der Waals surface area contributed by atoms with Crippen molar-refractivity contribution in [1.82, 2.24) is 4.98 Å². The van der Waals surface area contributed by atoms with E-state index in [0.717, 1.165) is 59.6 Å². The van der Waals surface area contributed by atoms with Gasteiger partial charge in [-0.15, -0.1) is 0 Å². The molecule has 3 aromatic carbocycles. The Bertz CT molecular complexity index is 1760. The number of nitrogens with one attached hydrogen (secondary N) is 1. The molecular formula is C34H31N3O6. The lowest BCUT2D eigenvalue weighted by molar-refractivity contribution is 0.0250. The number of benzene rings is 3. The van der Waals surface area contributed by atoms with Crippen molar-refractivity contribution >= 4 is 34.4 Å². The molecule has 0 radical (unpaired) electrons.